The van der Waals surface area contributed by atoms with Crippen LogP contribution in [0.3, 0.4) is 0 Å². The van der Waals surface area contributed by atoms with Gasteiger partial charge in [-0.2, -0.15) is 0 Å². The molecule has 0 spiro atoms. The zero-order chi connectivity index (χ0) is 16.1. The van der Waals surface area contributed by atoms with Crippen LogP contribution in [0, 0.1) is 6.92 Å². The van der Waals surface area contributed by atoms with E-state index >= 15 is 0 Å². The molecule has 1 atom stereocenters. The van der Waals surface area contributed by atoms with E-state index in [2.05, 4.69) is 5.32 Å². The number of amides is 1. The number of benzene rings is 1. The lowest BCUT2D eigenvalue weighted by Gasteiger charge is -2.12. The van der Waals surface area contributed by atoms with Crippen LogP contribution >= 0.6 is 0 Å². The van der Waals surface area contributed by atoms with Crippen LogP contribution in [0.2, 0.25) is 0 Å². The van der Waals surface area contributed by atoms with Crippen molar-refractivity contribution in [1.82, 2.24) is 0 Å². The smallest absolute Gasteiger partial charge is 0.336 e. The summed E-state index contributed by atoms with van der Waals surface area (Å²) in [5, 5.41) is 3.50. The van der Waals surface area contributed by atoms with E-state index in [1.807, 2.05) is 6.92 Å². The van der Waals surface area contributed by atoms with Gasteiger partial charge < -0.3 is 20.3 Å². The number of nitrogens with one attached hydrogen (secondary N) is 1. The predicted octanol–water partition coefficient (Wildman–Crippen LogP) is 1.74. The average molecular weight is 302 g/mol. The van der Waals surface area contributed by atoms with E-state index in [9.17, 15) is 14.4 Å². The molecule has 1 unspecified atom stereocenters. The molecule has 2 aromatic rings. The van der Waals surface area contributed by atoms with Crippen molar-refractivity contribution in [1.29, 1.82) is 0 Å². The van der Waals surface area contributed by atoms with Gasteiger partial charge in [-0.05, 0) is 37.5 Å². The summed E-state index contributed by atoms with van der Waals surface area (Å²) >= 11 is 0. The molecule has 1 heterocycles. The third-order valence-corrected chi connectivity index (χ3v) is 3.39. The summed E-state index contributed by atoms with van der Waals surface area (Å²) in [6, 6.07) is 5.84. The SMILES string of the molecule is Cc1cc(=O)oc2cc(NC(=O)C(N)CCCC=O)ccc12. The van der Waals surface area contributed by atoms with Crippen LogP contribution < -0.4 is 16.7 Å². The number of hydrogen-bond acceptors (Lipinski definition) is 5. The number of aryl methyl sites for hydroxylation is 1. The quantitative estimate of drug-likeness (QED) is 0.480. The van der Waals surface area contributed by atoms with Gasteiger partial charge in [-0.3, -0.25) is 4.79 Å². The van der Waals surface area contributed by atoms with E-state index < -0.39 is 11.7 Å². The first-order valence-corrected chi connectivity index (χ1v) is 7.06. The highest BCUT2D eigenvalue weighted by atomic mass is 16.4. The number of carbonyl (C=O) groups excluding carboxylic acids is 2. The lowest BCUT2D eigenvalue weighted by molar-refractivity contribution is -0.117. The van der Waals surface area contributed by atoms with E-state index in [-0.39, 0.29) is 5.91 Å². The molecule has 1 aromatic carbocycles. The van der Waals surface area contributed by atoms with Crippen LogP contribution in [0.4, 0.5) is 5.69 Å². The summed E-state index contributed by atoms with van der Waals surface area (Å²) in [6.45, 7) is 1.82. The molecular formula is C16H18N2O4. The summed E-state index contributed by atoms with van der Waals surface area (Å²) in [6.07, 6.45) is 2.20. The molecule has 22 heavy (non-hydrogen) atoms. The van der Waals surface area contributed by atoms with E-state index in [1.54, 1.807) is 18.2 Å². The molecule has 2 rings (SSSR count). The normalized spacial score (nSPS) is 12.1. The molecule has 0 aliphatic carbocycles. The maximum atomic E-state index is 12.0. The molecule has 0 saturated carbocycles. The van der Waals surface area contributed by atoms with Crippen LogP contribution in [0.25, 0.3) is 11.0 Å². The largest absolute Gasteiger partial charge is 0.423 e. The van der Waals surface area contributed by atoms with Crippen LogP contribution in [0.1, 0.15) is 24.8 Å². The minimum absolute atomic E-state index is 0.333. The fourth-order valence-electron chi connectivity index (χ4n) is 2.19. The molecule has 3 N–H and O–H groups in total. The van der Waals surface area contributed by atoms with Gasteiger partial charge in [0.15, 0.2) is 0 Å². The minimum Gasteiger partial charge on any atom is -0.423 e. The van der Waals surface area contributed by atoms with Gasteiger partial charge in [0.1, 0.15) is 11.9 Å². The van der Waals surface area contributed by atoms with Gasteiger partial charge in [-0.1, -0.05) is 0 Å². The van der Waals surface area contributed by atoms with Crippen molar-refractivity contribution < 1.29 is 14.0 Å². The van der Waals surface area contributed by atoms with Crippen molar-refractivity contribution in [2.24, 2.45) is 5.73 Å². The maximum absolute atomic E-state index is 12.0. The molecule has 0 fully saturated rings. The van der Waals surface area contributed by atoms with Crippen molar-refractivity contribution in [2.75, 3.05) is 5.32 Å². The maximum Gasteiger partial charge on any atom is 0.336 e. The third-order valence-electron chi connectivity index (χ3n) is 3.39. The van der Waals surface area contributed by atoms with Crippen LogP contribution in [0.5, 0.6) is 0 Å². The van der Waals surface area contributed by atoms with Gasteiger partial charge in [0.25, 0.3) is 0 Å². The number of rotatable bonds is 6. The van der Waals surface area contributed by atoms with E-state index in [0.717, 1.165) is 17.2 Å². The molecule has 0 aliphatic rings. The van der Waals surface area contributed by atoms with Crippen molar-refractivity contribution in [3.05, 3.63) is 40.2 Å². The number of carbonyl (C=O) groups is 2. The summed E-state index contributed by atoms with van der Waals surface area (Å²) < 4.78 is 5.13. The topological polar surface area (TPSA) is 102 Å². The third kappa shape index (κ3) is 3.79. The minimum atomic E-state index is -0.680. The molecule has 0 saturated heterocycles. The second-order valence-electron chi connectivity index (χ2n) is 5.15. The molecule has 6 nitrogen and oxygen atoms in total. The van der Waals surface area contributed by atoms with E-state index in [4.69, 9.17) is 10.2 Å². The number of hydrogen-bond donors (Lipinski definition) is 2. The fourth-order valence-corrected chi connectivity index (χ4v) is 2.19. The van der Waals surface area contributed by atoms with Gasteiger partial charge in [-0.25, -0.2) is 4.79 Å². The van der Waals surface area contributed by atoms with Crippen molar-refractivity contribution >= 4 is 28.8 Å². The van der Waals surface area contributed by atoms with Gasteiger partial charge >= 0.3 is 5.63 Å². The first kappa shape index (κ1) is 15.9. The second kappa shape index (κ2) is 7.00. The van der Waals surface area contributed by atoms with Gasteiger partial charge in [0.05, 0.1) is 6.04 Å². The van der Waals surface area contributed by atoms with Crippen LogP contribution in [-0.4, -0.2) is 18.2 Å². The Bertz CT molecular complexity index is 751. The highest BCUT2D eigenvalue weighted by molar-refractivity contribution is 5.96. The molecule has 6 heteroatoms. The molecule has 0 aliphatic heterocycles. The number of nitrogens with two attached hydrogens (primary N) is 1. The standard InChI is InChI=1S/C16H18N2O4/c1-10-8-15(20)22-14-9-11(5-6-12(10)14)18-16(21)13(17)4-2-3-7-19/h5-9,13H,2-4,17H2,1H3,(H,18,21). The summed E-state index contributed by atoms with van der Waals surface area (Å²) in [5.41, 5.74) is 7.07. The first-order valence-electron chi connectivity index (χ1n) is 7.06. The lowest BCUT2D eigenvalue weighted by Crippen LogP contribution is -2.35. The predicted molar refractivity (Wildman–Crippen MR) is 83.7 cm³/mol. The fraction of sp³-hybridized carbons (Fsp3) is 0.312. The Morgan fingerprint density at radius 3 is 2.91 bits per heavy atom. The molecule has 0 radical (unpaired) electrons. The van der Waals surface area contributed by atoms with E-state index in [1.165, 1.54) is 6.07 Å². The Balaban J connectivity index is 2.13. The summed E-state index contributed by atoms with van der Waals surface area (Å²) in [5.74, 6) is -0.333. The van der Waals surface area contributed by atoms with Gasteiger partial charge in [0, 0.05) is 29.6 Å². The molecule has 0 bridgehead atoms. The van der Waals surface area contributed by atoms with Crippen LogP contribution in [0.15, 0.2) is 33.5 Å². The van der Waals surface area contributed by atoms with Crippen molar-refractivity contribution in [2.45, 2.75) is 32.2 Å². The Morgan fingerprint density at radius 1 is 1.41 bits per heavy atom. The molecule has 116 valence electrons. The molecular weight excluding hydrogens is 284 g/mol. The lowest BCUT2D eigenvalue weighted by atomic mass is 10.1. The summed E-state index contributed by atoms with van der Waals surface area (Å²) in [7, 11) is 0. The highest BCUT2D eigenvalue weighted by Gasteiger charge is 2.13. The molecule has 1 aromatic heterocycles. The monoisotopic (exact) mass is 302 g/mol. The highest BCUT2D eigenvalue weighted by Crippen LogP contribution is 2.20. The first-order chi connectivity index (χ1) is 10.5. The average Bonchev–Trinajstić information content (AvgIpc) is 2.46. The Kier molecular flexibility index (Phi) is 5.06. The Morgan fingerprint density at radius 2 is 2.18 bits per heavy atom. The van der Waals surface area contributed by atoms with E-state index in [0.29, 0.717) is 30.5 Å². The zero-order valence-corrected chi connectivity index (χ0v) is 12.3. The molecule has 1 amide bonds. The Hall–Kier alpha value is -2.47. The number of anilines is 1. The van der Waals surface area contributed by atoms with Gasteiger partial charge in [0.2, 0.25) is 5.91 Å². The zero-order valence-electron chi connectivity index (χ0n) is 12.3. The Labute approximate surface area is 127 Å². The number of aldehydes is 1. The van der Waals surface area contributed by atoms with Crippen molar-refractivity contribution in [3.8, 4) is 0 Å². The van der Waals surface area contributed by atoms with Crippen LogP contribution in [-0.2, 0) is 9.59 Å². The van der Waals surface area contributed by atoms with Gasteiger partial charge in [-0.15, -0.1) is 0 Å². The number of unbranched alkanes of at least 4 members (excludes halogenated alkanes) is 1. The second-order valence-corrected chi connectivity index (χ2v) is 5.15. The number of fused-ring (bicyclic) bond motifs is 1. The summed E-state index contributed by atoms with van der Waals surface area (Å²) in [4.78, 5) is 33.6. The van der Waals surface area contributed by atoms with Crippen molar-refractivity contribution in [3.63, 3.8) is 0 Å².